The standard InChI is InChI=1S/C3H3N3.CH4N2O.CH2O/c1-2-4-6-5-3-1;2-1(3)4;1-2/h1-3H;(H4,2,3,4);1H2. The Morgan fingerprint density at radius 3 is 1.58 bits per heavy atom. The minimum Gasteiger partial charge on any atom is -0.352 e. The van der Waals surface area contributed by atoms with Crippen LogP contribution in [0.25, 0.3) is 0 Å². The van der Waals surface area contributed by atoms with Crippen molar-refractivity contribution in [3.63, 3.8) is 0 Å². The van der Waals surface area contributed by atoms with Gasteiger partial charge in [-0.05, 0) is 11.3 Å². The van der Waals surface area contributed by atoms with Crippen LogP contribution in [0.2, 0.25) is 0 Å². The first-order valence-electron chi connectivity index (χ1n) is 2.65. The van der Waals surface area contributed by atoms with Gasteiger partial charge >= 0.3 is 6.03 Å². The molecule has 0 bridgehead atoms. The number of urea groups is 1. The highest BCUT2D eigenvalue weighted by molar-refractivity contribution is 5.69. The van der Waals surface area contributed by atoms with Gasteiger partial charge in [-0.3, -0.25) is 0 Å². The number of carbonyl (C=O) groups excluding carboxylic acids is 2. The Bertz CT molecular complexity index is 162. The summed E-state index contributed by atoms with van der Waals surface area (Å²) in [5.74, 6) is 0. The number of hydrogen-bond donors (Lipinski definition) is 2. The van der Waals surface area contributed by atoms with Crippen molar-refractivity contribution in [2.45, 2.75) is 0 Å². The molecule has 1 rings (SSSR count). The van der Waals surface area contributed by atoms with Crippen molar-refractivity contribution in [1.29, 1.82) is 0 Å². The van der Waals surface area contributed by atoms with E-state index in [0.717, 1.165) is 0 Å². The van der Waals surface area contributed by atoms with E-state index in [1.807, 2.05) is 6.79 Å². The van der Waals surface area contributed by atoms with Gasteiger partial charge in [0.1, 0.15) is 6.79 Å². The molecule has 0 spiro atoms. The first-order valence-corrected chi connectivity index (χ1v) is 2.65. The van der Waals surface area contributed by atoms with E-state index < -0.39 is 6.03 Å². The first kappa shape index (κ1) is 12.6. The molecule has 0 saturated carbocycles. The van der Waals surface area contributed by atoms with Gasteiger partial charge in [0.05, 0.1) is 12.4 Å². The number of nitrogens with zero attached hydrogens (tertiary/aromatic N) is 3. The molecule has 2 amide bonds. The van der Waals surface area contributed by atoms with Crippen LogP contribution in [0.15, 0.2) is 18.5 Å². The van der Waals surface area contributed by atoms with Crippen molar-refractivity contribution in [3.05, 3.63) is 18.5 Å². The lowest BCUT2D eigenvalue weighted by atomic mass is 10.7. The fraction of sp³-hybridized carbons (Fsp3) is 0. The van der Waals surface area contributed by atoms with Crippen LogP contribution in [0, 0.1) is 0 Å². The van der Waals surface area contributed by atoms with E-state index in [1.54, 1.807) is 18.5 Å². The molecule has 1 aromatic heterocycles. The summed E-state index contributed by atoms with van der Waals surface area (Å²) >= 11 is 0. The smallest absolute Gasteiger partial charge is 0.309 e. The molecule has 0 saturated heterocycles. The van der Waals surface area contributed by atoms with E-state index in [-0.39, 0.29) is 0 Å². The van der Waals surface area contributed by atoms with Gasteiger partial charge in [-0.25, -0.2) is 4.79 Å². The number of hydrogen-bond acceptors (Lipinski definition) is 5. The predicted octanol–water partition coefficient (Wildman–Crippen LogP) is -1.29. The molecule has 0 aliphatic rings. The molecule has 0 radical (unpaired) electrons. The third-order valence-corrected chi connectivity index (χ3v) is 0.409. The van der Waals surface area contributed by atoms with Crippen LogP contribution in [0.3, 0.4) is 0 Å². The van der Waals surface area contributed by atoms with Crippen LogP contribution in [-0.2, 0) is 4.79 Å². The van der Waals surface area contributed by atoms with Gasteiger partial charge in [-0.1, -0.05) is 0 Å². The molecule has 12 heavy (non-hydrogen) atoms. The van der Waals surface area contributed by atoms with E-state index in [0.29, 0.717) is 0 Å². The Morgan fingerprint density at radius 2 is 1.50 bits per heavy atom. The van der Waals surface area contributed by atoms with Crippen molar-refractivity contribution in [2.75, 3.05) is 0 Å². The first-order chi connectivity index (χ1) is 5.73. The van der Waals surface area contributed by atoms with Gasteiger partial charge in [0.25, 0.3) is 0 Å². The molecule has 7 nitrogen and oxygen atoms in total. The van der Waals surface area contributed by atoms with Crippen LogP contribution < -0.4 is 11.5 Å². The van der Waals surface area contributed by atoms with Gasteiger partial charge in [0.2, 0.25) is 0 Å². The Hall–Kier alpha value is -2.05. The lowest BCUT2D eigenvalue weighted by Gasteiger charge is -1.68. The average Bonchev–Trinajstić information content (AvgIpc) is 2.10. The van der Waals surface area contributed by atoms with Gasteiger partial charge in [0, 0.05) is 0 Å². The average molecular weight is 171 g/mol. The number of nitrogens with two attached hydrogens (primary N) is 2. The van der Waals surface area contributed by atoms with Gasteiger partial charge in [0.15, 0.2) is 0 Å². The quantitative estimate of drug-likeness (QED) is 0.502. The van der Waals surface area contributed by atoms with Crippen molar-refractivity contribution >= 4 is 12.8 Å². The van der Waals surface area contributed by atoms with Gasteiger partial charge in [-0.2, -0.15) is 0 Å². The zero-order valence-corrected chi connectivity index (χ0v) is 6.25. The van der Waals surface area contributed by atoms with Crippen LogP contribution in [0.5, 0.6) is 0 Å². The number of rotatable bonds is 0. The largest absolute Gasteiger partial charge is 0.352 e. The second-order valence-corrected chi connectivity index (χ2v) is 1.21. The Morgan fingerprint density at radius 1 is 1.17 bits per heavy atom. The van der Waals surface area contributed by atoms with E-state index in [2.05, 4.69) is 26.9 Å². The number of aromatic nitrogens is 3. The van der Waals surface area contributed by atoms with Gasteiger partial charge < -0.3 is 16.3 Å². The molecule has 0 atom stereocenters. The summed E-state index contributed by atoms with van der Waals surface area (Å²) in [6, 6.07) is 0.882. The molecule has 0 fully saturated rings. The van der Waals surface area contributed by atoms with E-state index in [9.17, 15) is 0 Å². The van der Waals surface area contributed by atoms with Crippen molar-refractivity contribution < 1.29 is 9.59 Å². The molecule has 0 aliphatic heterocycles. The molecule has 0 aliphatic carbocycles. The maximum Gasteiger partial charge on any atom is 0.309 e. The maximum atomic E-state index is 9.00. The molecule has 1 aromatic rings. The van der Waals surface area contributed by atoms with E-state index in [1.165, 1.54) is 0 Å². The lowest BCUT2D eigenvalue weighted by Crippen LogP contribution is -2.18. The molecule has 4 N–H and O–H groups in total. The summed E-state index contributed by atoms with van der Waals surface area (Å²) in [5.41, 5.74) is 8.50. The summed E-state index contributed by atoms with van der Waals surface area (Å²) in [5, 5.41) is 10.1. The highest BCUT2D eigenvalue weighted by Crippen LogP contribution is 1.61. The summed E-state index contributed by atoms with van der Waals surface area (Å²) < 4.78 is 0. The summed E-state index contributed by atoms with van der Waals surface area (Å²) in [4.78, 5) is 17.0. The topological polar surface area (TPSA) is 125 Å². The summed E-state index contributed by atoms with van der Waals surface area (Å²) in [7, 11) is 0. The minimum atomic E-state index is -0.833. The Kier molecular flexibility index (Phi) is 12.3. The van der Waals surface area contributed by atoms with Crippen LogP contribution in [0.1, 0.15) is 0 Å². The van der Waals surface area contributed by atoms with E-state index in [4.69, 9.17) is 9.59 Å². The minimum absolute atomic E-state index is 0.833. The molecular formula is C5H9N5O2. The normalized spacial score (nSPS) is 6.33. The van der Waals surface area contributed by atoms with Crippen molar-refractivity contribution in [1.82, 2.24) is 15.4 Å². The van der Waals surface area contributed by atoms with Gasteiger partial charge in [-0.15, -0.1) is 10.2 Å². The van der Waals surface area contributed by atoms with Crippen molar-refractivity contribution in [3.8, 4) is 0 Å². The molecule has 1 heterocycles. The van der Waals surface area contributed by atoms with E-state index >= 15 is 0 Å². The molecule has 7 heteroatoms. The third kappa shape index (κ3) is 24.6. The maximum absolute atomic E-state index is 9.00. The molecule has 0 aromatic carbocycles. The number of amides is 2. The SMILES string of the molecule is C=O.NC(N)=O.c1cnnnc1. The highest BCUT2D eigenvalue weighted by atomic mass is 16.2. The van der Waals surface area contributed by atoms with Crippen LogP contribution >= 0.6 is 0 Å². The third-order valence-electron chi connectivity index (χ3n) is 0.409. The fourth-order valence-electron chi connectivity index (χ4n) is 0.205. The second kappa shape index (κ2) is 11.7. The Balaban J connectivity index is 0. The van der Waals surface area contributed by atoms with Crippen LogP contribution in [-0.4, -0.2) is 28.2 Å². The lowest BCUT2D eigenvalue weighted by molar-refractivity contribution is -0.0979. The summed E-state index contributed by atoms with van der Waals surface area (Å²) in [6.07, 6.45) is 3.15. The molecule has 0 unspecified atom stereocenters. The number of primary amides is 2. The number of carbonyl (C=O) groups is 2. The zero-order chi connectivity index (χ0) is 9.82. The predicted molar refractivity (Wildman–Crippen MR) is 40.7 cm³/mol. The monoisotopic (exact) mass is 171 g/mol. The molecular weight excluding hydrogens is 162 g/mol. The second-order valence-electron chi connectivity index (χ2n) is 1.21. The fourth-order valence-corrected chi connectivity index (χ4v) is 0.205. The Labute approximate surface area is 68.8 Å². The van der Waals surface area contributed by atoms with Crippen LogP contribution in [0.4, 0.5) is 4.79 Å². The summed E-state index contributed by atoms with van der Waals surface area (Å²) in [6.45, 7) is 2.00. The zero-order valence-electron chi connectivity index (χ0n) is 6.25. The highest BCUT2D eigenvalue weighted by Gasteiger charge is 1.61. The van der Waals surface area contributed by atoms with Crippen molar-refractivity contribution in [2.24, 2.45) is 11.5 Å². The molecule has 66 valence electrons.